The minimum atomic E-state index is -4.41. The molecule has 2 aromatic carbocycles. The van der Waals surface area contributed by atoms with Crippen molar-refractivity contribution in [2.45, 2.75) is 32.0 Å². The second-order valence-electron chi connectivity index (χ2n) is 7.54. The van der Waals surface area contributed by atoms with Crippen LogP contribution in [0.4, 0.5) is 13.2 Å². The number of hydrogen-bond donors (Lipinski definition) is 1. The zero-order valence-electron chi connectivity index (χ0n) is 17.9. The molecule has 0 fully saturated rings. The van der Waals surface area contributed by atoms with Crippen LogP contribution in [0.25, 0.3) is 11.5 Å². The molecule has 2 aromatic heterocycles. The molecule has 176 valence electrons. The fourth-order valence-corrected chi connectivity index (χ4v) is 3.40. The monoisotopic (exact) mass is 472 g/mol. The third-order valence-electron chi connectivity index (χ3n) is 5.20. The first-order chi connectivity index (χ1) is 16.2. The van der Waals surface area contributed by atoms with Crippen LogP contribution in [0.5, 0.6) is 5.75 Å². The van der Waals surface area contributed by atoms with Crippen LogP contribution in [-0.4, -0.2) is 21.2 Å². The molecule has 4 rings (SSSR count). The molecule has 0 aliphatic heterocycles. The quantitative estimate of drug-likeness (QED) is 0.344. The number of nitrogens with zero attached hydrogens (tertiary/aromatic N) is 2. The number of benzene rings is 2. The molecule has 1 N–H and O–H groups in total. The van der Waals surface area contributed by atoms with E-state index >= 15 is 0 Å². The largest absolute Gasteiger partial charge is 0.486 e. The number of ether oxygens (including phenoxy) is 1. The van der Waals surface area contributed by atoms with Crippen LogP contribution >= 0.6 is 0 Å². The number of hydrogen-bond acceptors (Lipinski definition) is 6. The molecule has 10 heteroatoms. The Bertz CT molecular complexity index is 1250. The van der Waals surface area contributed by atoms with E-state index in [1.807, 2.05) is 0 Å². The van der Waals surface area contributed by atoms with Crippen LogP contribution in [0.2, 0.25) is 0 Å². The molecule has 0 spiro atoms. The highest BCUT2D eigenvalue weighted by Gasteiger charge is 2.30. The van der Waals surface area contributed by atoms with Crippen LogP contribution in [0, 0.1) is 6.92 Å². The first-order valence-corrected chi connectivity index (χ1v) is 10.2. The predicted octanol–water partition coefficient (Wildman–Crippen LogP) is 5.84. The lowest BCUT2D eigenvalue weighted by Crippen LogP contribution is -2.08. The summed E-state index contributed by atoms with van der Waals surface area (Å²) >= 11 is 0. The van der Waals surface area contributed by atoms with Gasteiger partial charge >= 0.3 is 12.1 Å². The van der Waals surface area contributed by atoms with Gasteiger partial charge in [-0.15, -0.1) is 0 Å². The van der Waals surface area contributed by atoms with Crippen LogP contribution in [0.3, 0.4) is 0 Å². The fraction of sp³-hybridized carbons (Fsp3) is 0.208. The van der Waals surface area contributed by atoms with Gasteiger partial charge in [0.2, 0.25) is 5.89 Å². The molecule has 0 amide bonds. The summed E-state index contributed by atoms with van der Waals surface area (Å²) in [5.74, 6) is -0.273. The van der Waals surface area contributed by atoms with E-state index in [0.717, 1.165) is 17.7 Å². The summed E-state index contributed by atoms with van der Waals surface area (Å²) in [5, 5.41) is 13.1. The SMILES string of the molecule is Cc1nc(-c2ccc(C(F)(F)F)cc2)oc1COc1ccc([C@H](CC(=O)O)c2ccon2)cc1. The van der Waals surface area contributed by atoms with Gasteiger partial charge in [0.15, 0.2) is 5.76 Å². The number of aromatic nitrogens is 2. The Kier molecular flexibility index (Phi) is 6.40. The van der Waals surface area contributed by atoms with Crippen molar-refractivity contribution in [3.63, 3.8) is 0 Å². The van der Waals surface area contributed by atoms with Crippen molar-refractivity contribution in [3.8, 4) is 17.2 Å². The molecule has 0 saturated heterocycles. The van der Waals surface area contributed by atoms with Crippen molar-refractivity contribution >= 4 is 5.97 Å². The van der Waals surface area contributed by atoms with Crippen molar-refractivity contribution in [1.82, 2.24) is 10.1 Å². The third-order valence-corrected chi connectivity index (χ3v) is 5.20. The number of aliphatic carboxylic acids is 1. The minimum absolute atomic E-state index is 0.0562. The number of alkyl halides is 3. The molecule has 0 aliphatic carbocycles. The Labute approximate surface area is 191 Å². The highest BCUT2D eigenvalue weighted by molar-refractivity contribution is 5.68. The van der Waals surface area contributed by atoms with E-state index < -0.39 is 23.6 Å². The zero-order valence-corrected chi connectivity index (χ0v) is 17.9. The van der Waals surface area contributed by atoms with Gasteiger partial charge in [0.25, 0.3) is 0 Å². The van der Waals surface area contributed by atoms with Crippen molar-refractivity contribution < 1.29 is 36.7 Å². The second-order valence-corrected chi connectivity index (χ2v) is 7.54. The van der Waals surface area contributed by atoms with E-state index in [0.29, 0.717) is 28.5 Å². The van der Waals surface area contributed by atoms with Crippen LogP contribution in [0.15, 0.2) is 69.8 Å². The van der Waals surface area contributed by atoms with Crippen molar-refractivity contribution in [3.05, 3.63) is 89.1 Å². The Morgan fingerprint density at radius 3 is 2.38 bits per heavy atom. The normalized spacial score (nSPS) is 12.5. The van der Waals surface area contributed by atoms with E-state index in [1.54, 1.807) is 37.3 Å². The maximum atomic E-state index is 12.8. The third kappa shape index (κ3) is 5.28. The summed E-state index contributed by atoms with van der Waals surface area (Å²) < 4.78 is 54.6. The average Bonchev–Trinajstić information content (AvgIpc) is 3.46. The van der Waals surface area contributed by atoms with Crippen LogP contribution < -0.4 is 4.74 Å². The maximum absolute atomic E-state index is 12.8. The molecule has 2 heterocycles. The van der Waals surface area contributed by atoms with E-state index in [-0.39, 0.29) is 18.9 Å². The molecular formula is C24H19F3N2O5. The predicted molar refractivity (Wildman–Crippen MR) is 113 cm³/mol. The maximum Gasteiger partial charge on any atom is 0.416 e. The average molecular weight is 472 g/mol. The first kappa shape index (κ1) is 23.1. The van der Waals surface area contributed by atoms with Gasteiger partial charge in [0.1, 0.15) is 18.6 Å². The van der Waals surface area contributed by atoms with E-state index in [2.05, 4.69) is 10.1 Å². The van der Waals surface area contributed by atoms with Gasteiger partial charge in [-0.05, 0) is 48.9 Å². The highest BCUT2D eigenvalue weighted by Crippen LogP contribution is 2.32. The molecular weight excluding hydrogens is 453 g/mol. The standard InChI is InChI=1S/C24H19F3N2O5/c1-14-21(34-23(28-14)16-2-6-17(7-3-16)24(25,26)27)13-32-18-8-4-15(5-9-18)19(12-22(30)31)20-10-11-33-29-20/h2-11,19H,12-13H2,1H3,(H,30,31)/t19-/m0/s1. The second kappa shape index (κ2) is 9.42. The summed E-state index contributed by atoms with van der Waals surface area (Å²) in [6.07, 6.45) is -3.17. The van der Waals surface area contributed by atoms with Gasteiger partial charge in [-0.3, -0.25) is 4.79 Å². The van der Waals surface area contributed by atoms with Crippen molar-refractivity contribution in [1.29, 1.82) is 0 Å². The van der Waals surface area contributed by atoms with Gasteiger partial charge in [-0.25, -0.2) is 4.98 Å². The topological polar surface area (TPSA) is 98.6 Å². The summed E-state index contributed by atoms with van der Waals surface area (Å²) in [7, 11) is 0. The molecule has 0 radical (unpaired) electrons. The number of carboxylic acid groups (broad SMARTS) is 1. The number of oxazole rings is 1. The smallest absolute Gasteiger partial charge is 0.416 e. The number of rotatable bonds is 8. The van der Waals surface area contributed by atoms with Gasteiger partial charge in [-0.1, -0.05) is 17.3 Å². The van der Waals surface area contributed by atoms with Gasteiger partial charge < -0.3 is 18.8 Å². The fourth-order valence-electron chi connectivity index (χ4n) is 3.40. The lowest BCUT2D eigenvalue weighted by atomic mass is 9.92. The summed E-state index contributed by atoms with van der Waals surface area (Å²) in [6.45, 7) is 1.77. The Morgan fingerprint density at radius 1 is 1.09 bits per heavy atom. The first-order valence-electron chi connectivity index (χ1n) is 10.2. The molecule has 0 saturated carbocycles. The molecule has 0 bridgehead atoms. The highest BCUT2D eigenvalue weighted by atomic mass is 19.4. The molecule has 34 heavy (non-hydrogen) atoms. The lowest BCUT2D eigenvalue weighted by molar-refractivity contribution is -0.138. The summed E-state index contributed by atoms with van der Waals surface area (Å²) in [6, 6.07) is 13.1. The van der Waals surface area contributed by atoms with Gasteiger partial charge in [-0.2, -0.15) is 13.2 Å². The van der Waals surface area contributed by atoms with Crippen LogP contribution in [0.1, 0.15) is 40.6 Å². The van der Waals surface area contributed by atoms with Crippen LogP contribution in [-0.2, 0) is 17.6 Å². The van der Waals surface area contributed by atoms with Gasteiger partial charge in [0, 0.05) is 17.5 Å². The zero-order chi connectivity index (χ0) is 24.3. The lowest BCUT2D eigenvalue weighted by Gasteiger charge is -2.13. The Hall–Kier alpha value is -4.08. The molecule has 0 unspecified atom stereocenters. The number of halogens is 3. The molecule has 7 nitrogen and oxygen atoms in total. The Morgan fingerprint density at radius 2 is 1.79 bits per heavy atom. The van der Waals surface area contributed by atoms with Gasteiger partial charge in [0.05, 0.1) is 23.4 Å². The minimum Gasteiger partial charge on any atom is -0.486 e. The molecule has 1 atom stereocenters. The van der Waals surface area contributed by atoms with E-state index in [9.17, 15) is 23.1 Å². The summed E-state index contributed by atoms with van der Waals surface area (Å²) in [5.41, 5.74) is 1.48. The molecule has 0 aliphatic rings. The number of carbonyl (C=O) groups is 1. The van der Waals surface area contributed by atoms with Crippen molar-refractivity contribution in [2.24, 2.45) is 0 Å². The van der Waals surface area contributed by atoms with E-state index in [1.165, 1.54) is 18.4 Å². The summed E-state index contributed by atoms with van der Waals surface area (Å²) in [4.78, 5) is 15.5. The van der Waals surface area contributed by atoms with E-state index in [4.69, 9.17) is 13.7 Å². The van der Waals surface area contributed by atoms with Crippen molar-refractivity contribution in [2.75, 3.05) is 0 Å². The Balaban J connectivity index is 1.44. The molecule has 4 aromatic rings. The number of carboxylic acids is 1. The number of aryl methyl sites for hydroxylation is 1.